The molecule has 0 bridgehead atoms. The van der Waals surface area contributed by atoms with Crippen LogP contribution in [0.3, 0.4) is 0 Å². The molecule has 0 aromatic heterocycles. The van der Waals surface area contributed by atoms with Crippen LogP contribution in [0.15, 0.2) is 18.2 Å². The fourth-order valence-electron chi connectivity index (χ4n) is 3.07. The second-order valence-electron chi connectivity index (χ2n) is 6.03. The van der Waals surface area contributed by atoms with Gasteiger partial charge in [0.15, 0.2) is 0 Å². The van der Waals surface area contributed by atoms with E-state index in [2.05, 4.69) is 10.6 Å². The van der Waals surface area contributed by atoms with Gasteiger partial charge in [-0.05, 0) is 44.2 Å². The molecule has 1 aliphatic carbocycles. The predicted molar refractivity (Wildman–Crippen MR) is 84.1 cm³/mol. The molecular formula is C17H24N2O2. The first-order valence-corrected chi connectivity index (χ1v) is 7.62. The zero-order valence-corrected chi connectivity index (χ0v) is 13.0. The number of aryl methyl sites for hydroxylation is 2. The maximum absolute atomic E-state index is 12.5. The second kappa shape index (κ2) is 6.74. The Morgan fingerprint density at radius 1 is 1.19 bits per heavy atom. The Balaban J connectivity index is 2.11. The predicted octanol–water partition coefficient (Wildman–Crippen LogP) is 2.94. The first kappa shape index (κ1) is 15.5. The van der Waals surface area contributed by atoms with Crippen LogP contribution >= 0.6 is 0 Å². The van der Waals surface area contributed by atoms with Gasteiger partial charge in [-0.3, -0.25) is 9.59 Å². The fraction of sp³-hybridized carbons (Fsp3) is 0.529. The highest BCUT2D eigenvalue weighted by Crippen LogP contribution is 2.28. The van der Waals surface area contributed by atoms with Crippen molar-refractivity contribution in [1.82, 2.24) is 5.32 Å². The summed E-state index contributed by atoms with van der Waals surface area (Å²) >= 11 is 0. The molecule has 1 aromatic rings. The minimum absolute atomic E-state index is 0.107. The molecule has 2 amide bonds. The van der Waals surface area contributed by atoms with Crippen LogP contribution in [0.25, 0.3) is 0 Å². The fourth-order valence-corrected chi connectivity index (χ4v) is 3.07. The van der Waals surface area contributed by atoms with Gasteiger partial charge in [-0.25, -0.2) is 0 Å². The van der Waals surface area contributed by atoms with E-state index in [0.29, 0.717) is 0 Å². The molecule has 0 spiro atoms. The maximum Gasteiger partial charge on any atom is 0.247 e. The molecule has 4 heteroatoms. The Morgan fingerprint density at radius 2 is 1.86 bits per heavy atom. The lowest BCUT2D eigenvalue weighted by atomic mass is 9.97. The van der Waals surface area contributed by atoms with E-state index in [1.165, 1.54) is 12.5 Å². The molecule has 1 aliphatic rings. The molecule has 114 valence electrons. The third-order valence-corrected chi connectivity index (χ3v) is 4.15. The average Bonchev–Trinajstić information content (AvgIpc) is 2.92. The van der Waals surface area contributed by atoms with Crippen LogP contribution in [0.5, 0.6) is 0 Å². The van der Waals surface area contributed by atoms with Gasteiger partial charge in [-0.15, -0.1) is 0 Å². The van der Waals surface area contributed by atoms with Gasteiger partial charge < -0.3 is 10.6 Å². The summed E-state index contributed by atoms with van der Waals surface area (Å²) < 4.78 is 0. The van der Waals surface area contributed by atoms with Crippen LogP contribution in [-0.2, 0) is 9.59 Å². The molecule has 0 heterocycles. The Bertz CT molecular complexity index is 534. The van der Waals surface area contributed by atoms with E-state index in [4.69, 9.17) is 0 Å². The summed E-state index contributed by atoms with van der Waals surface area (Å²) in [7, 11) is 0. The van der Waals surface area contributed by atoms with Gasteiger partial charge in [-0.2, -0.15) is 0 Å². The first-order chi connectivity index (χ1) is 9.97. The standard InChI is InChI=1S/C17H24N2O2/c1-11-8-9-15(12(2)10-11)19-17(21)16(18-13(3)20)14-6-4-5-7-14/h8-10,14,16H,4-7H2,1-3H3,(H,18,20)(H,19,21). The smallest absolute Gasteiger partial charge is 0.247 e. The zero-order chi connectivity index (χ0) is 15.4. The summed E-state index contributed by atoms with van der Waals surface area (Å²) in [6.45, 7) is 5.47. The SMILES string of the molecule is CC(=O)NC(C(=O)Nc1ccc(C)cc1C)C1CCCC1. The summed E-state index contributed by atoms with van der Waals surface area (Å²) in [6.07, 6.45) is 4.28. The minimum Gasteiger partial charge on any atom is -0.344 e. The van der Waals surface area contributed by atoms with Crippen LogP contribution in [-0.4, -0.2) is 17.9 Å². The summed E-state index contributed by atoms with van der Waals surface area (Å²) in [4.78, 5) is 23.9. The zero-order valence-electron chi connectivity index (χ0n) is 13.0. The van der Waals surface area contributed by atoms with Crippen LogP contribution in [0, 0.1) is 19.8 Å². The van der Waals surface area contributed by atoms with E-state index in [9.17, 15) is 9.59 Å². The lowest BCUT2D eigenvalue weighted by Gasteiger charge is -2.23. The van der Waals surface area contributed by atoms with Gasteiger partial charge in [0.05, 0.1) is 0 Å². The van der Waals surface area contributed by atoms with E-state index in [0.717, 1.165) is 36.9 Å². The highest BCUT2D eigenvalue weighted by Gasteiger charge is 2.31. The molecule has 0 radical (unpaired) electrons. The van der Waals surface area contributed by atoms with Crippen molar-refractivity contribution >= 4 is 17.5 Å². The van der Waals surface area contributed by atoms with Crippen molar-refractivity contribution in [2.45, 2.75) is 52.5 Å². The van der Waals surface area contributed by atoms with Crippen LogP contribution in [0.1, 0.15) is 43.7 Å². The Hall–Kier alpha value is -1.84. The number of rotatable bonds is 4. The van der Waals surface area contributed by atoms with Crippen molar-refractivity contribution in [3.8, 4) is 0 Å². The summed E-state index contributed by atoms with van der Waals surface area (Å²) in [5.41, 5.74) is 3.02. The molecule has 1 atom stereocenters. The van der Waals surface area contributed by atoms with E-state index < -0.39 is 6.04 Å². The maximum atomic E-state index is 12.5. The number of carbonyl (C=O) groups excluding carboxylic acids is 2. The molecule has 1 saturated carbocycles. The molecule has 21 heavy (non-hydrogen) atoms. The van der Waals surface area contributed by atoms with Crippen LogP contribution in [0.2, 0.25) is 0 Å². The van der Waals surface area contributed by atoms with Crippen molar-refractivity contribution in [2.24, 2.45) is 5.92 Å². The van der Waals surface area contributed by atoms with Crippen molar-refractivity contribution in [3.63, 3.8) is 0 Å². The van der Waals surface area contributed by atoms with E-state index in [-0.39, 0.29) is 17.7 Å². The van der Waals surface area contributed by atoms with Gasteiger partial charge in [-0.1, -0.05) is 30.5 Å². The van der Waals surface area contributed by atoms with Crippen molar-refractivity contribution in [3.05, 3.63) is 29.3 Å². The van der Waals surface area contributed by atoms with Crippen LogP contribution in [0.4, 0.5) is 5.69 Å². The average molecular weight is 288 g/mol. The van der Waals surface area contributed by atoms with Gasteiger partial charge in [0, 0.05) is 12.6 Å². The minimum atomic E-state index is -0.425. The number of anilines is 1. The van der Waals surface area contributed by atoms with Crippen LogP contribution < -0.4 is 10.6 Å². The third-order valence-electron chi connectivity index (χ3n) is 4.15. The van der Waals surface area contributed by atoms with Crippen molar-refractivity contribution in [2.75, 3.05) is 5.32 Å². The number of hydrogen-bond donors (Lipinski definition) is 2. The number of carbonyl (C=O) groups is 2. The number of nitrogens with one attached hydrogen (secondary N) is 2. The van der Waals surface area contributed by atoms with Gasteiger partial charge in [0.25, 0.3) is 0 Å². The molecule has 4 nitrogen and oxygen atoms in total. The highest BCUT2D eigenvalue weighted by molar-refractivity contribution is 5.97. The van der Waals surface area contributed by atoms with E-state index in [1.807, 2.05) is 32.0 Å². The lowest BCUT2D eigenvalue weighted by Crippen LogP contribution is -2.47. The monoisotopic (exact) mass is 288 g/mol. The molecular weight excluding hydrogens is 264 g/mol. The Labute approximate surface area is 126 Å². The van der Waals surface area contributed by atoms with Crippen molar-refractivity contribution < 1.29 is 9.59 Å². The molecule has 2 N–H and O–H groups in total. The summed E-state index contributed by atoms with van der Waals surface area (Å²) in [5.74, 6) is -0.00798. The lowest BCUT2D eigenvalue weighted by molar-refractivity contribution is -0.126. The van der Waals surface area contributed by atoms with Gasteiger partial charge in [0.2, 0.25) is 11.8 Å². The van der Waals surface area contributed by atoms with Gasteiger partial charge >= 0.3 is 0 Å². The molecule has 0 saturated heterocycles. The number of hydrogen-bond acceptors (Lipinski definition) is 2. The second-order valence-corrected chi connectivity index (χ2v) is 6.03. The third kappa shape index (κ3) is 4.06. The molecule has 1 unspecified atom stereocenters. The highest BCUT2D eigenvalue weighted by atomic mass is 16.2. The number of amides is 2. The molecule has 2 rings (SSSR count). The molecule has 1 fully saturated rings. The van der Waals surface area contributed by atoms with E-state index in [1.54, 1.807) is 0 Å². The molecule has 1 aromatic carbocycles. The largest absolute Gasteiger partial charge is 0.344 e. The molecule has 0 aliphatic heterocycles. The van der Waals surface area contributed by atoms with Gasteiger partial charge in [0.1, 0.15) is 6.04 Å². The van der Waals surface area contributed by atoms with E-state index >= 15 is 0 Å². The Morgan fingerprint density at radius 3 is 2.43 bits per heavy atom. The summed E-state index contributed by atoms with van der Waals surface area (Å²) in [5, 5.41) is 5.79. The van der Waals surface area contributed by atoms with Crippen molar-refractivity contribution in [1.29, 1.82) is 0 Å². The first-order valence-electron chi connectivity index (χ1n) is 7.62. The summed E-state index contributed by atoms with van der Waals surface area (Å²) in [6, 6.07) is 5.51. The normalized spacial score (nSPS) is 16.5. The topological polar surface area (TPSA) is 58.2 Å². The number of benzene rings is 1. The Kier molecular flexibility index (Phi) is 4.99. The quantitative estimate of drug-likeness (QED) is 0.895.